The molecule has 1 heterocycles. The van der Waals surface area contributed by atoms with E-state index >= 15 is 0 Å². The first kappa shape index (κ1) is 21.8. The van der Waals surface area contributed by atoms with E-state index in [0.29, 0.717) is 46.9 Å². The molecule has 2 N–H and O–H groups in total. The molecule has 8 nitrogen and oxygen atoms in total. The second-order valence-electron chi connectivity index (χ2n) is 6.78. The van der Waals surface area contributed by atoms with Gasteiger partial charge < -0.3 is 19.5 Å². The van der Waals surface area contributed by atoms with Crippen LogP contribution in [0.5, 0.6) is 17.2 Å². The lowest BCUT2D eigenvalue weighted by molar-refractivity contribution is -0.118. The Hall–Kier alpha value is -3.43. The summed E-state index contributed by atoms with van der Waals surface area (Å²) in [5.41, 5.74) is 0.947. The van der Waals surface area contributed by atoms with Crippen molar-refractivity contribution in [2.24, 2.45) is 0 Å². The third-order valence-corrected chi connectivity index (χ3v) is 6.08. The number of rotatable bonds is 7. The summed E-state index contributed by atoms with van der Waals surface area (Å²) in [5, 5.41) is 3.22. The molecular weight excluding hydrogens is 456 g/mol. The number of ether oxygens (including phenoxy) is 3. The van der Waals surface area contributed by atoms with Crippen LogP contribution in [0.3, 0.4) is 0 Å². The molecule has 0 spiro atoms. The Morgan fingerprint density at radius 1 is 0.906 bits per heavy atom. The van der Waals surface area contributed by atoms with Crippen molar-refractivity contribution in [2.45, 2.75) is 4.90 Å². The first-order chi connectivity index (χ1) is 15.4. The minimum atomic E-state index is -3.77. The molecule has 3 aromatic rings. The molecule has 0 radical (unpaired) electrons. The highest BCUT2D eigenvalue weighted by Crippen LogP contribution is 2.32. The Bertz CT molecular complexity index is 1210. The molecular formula is C22H19ClN2O6S. The summed E-state index contributed by atoms with van der Waals surface area (Å²) in [4.78, 5) is 12.2. The van der Waals surface area contributed by atoms with Crippen LogP contribution in [0.2, 0.25) is 5.02 Å². The fraction of sp³-hybridized carbons (Fsp3) is 0.136. The van der Waals surface area contributed by atoms with Crippen LogP contribution in [-0.4, -0.2) is 34.1 Å². The van der Waals surface area contributed by atoms with E-state index in [1.165, 1.54) is 24.3 Å². The van der Waals surface area contributed by atoms with Gasteiger partial charge in [0.1, 0.15) is 19.0 Å². The largest absolute Gasteiger partial charge is 0.486 e. The zero-order chi connectivity index (χ0) is 22.6. The van der Waals surface area contributed by atoms with Gasteiger partial charge in [0.25, 0.3) is 15.9 Å². The summed E-state index contributed by atoms with van der Waals surface area (Å²) >= 11 is 5.81. The van der Waals surface area contributed by atoms with Gasteiger partial charge >= 0.3 is 0 Å². The van der Waals surface area contributed by atoms with Gasteiger partial charge in [-0.15, -0.1) is 0 Å². The third kappa shape index (κ3) is 5.43. The van der Waals surface area contributed by atoms with Gasteiger partial charge in [-0.1, -0.05) is 11.6 Å². The molecule has 0 atom stereocenters. The Morgan fingerprint density at radius 3 is 2.28 bits per heavy atom. The minimum Gasteiger partial charge on any atom is -0.486 e. The van der Waals surface area contributed by atoms with Crippen LogP contribution >= 0.6 is 11.6 Å². The molecule has 0 fully saturated rings. The number of carbonyl (C=O) groups excluding carboxylic acids is 1. The number of sulfonamides is 1. The summed E-state index contributed by atoms with van der Waals surface area (Å²) < 4.78 is 43.9. The smallest absolute Gasteiger partial charge is 0.262 e. The van der Waals surface area contributed by atoms with E-state index in [4.69, 9.17) is 25.8 Å². The van der Waals surface area contributed by atoms with Crippen molar-refractivity contribution in [1.29, 1.82) is 0 Å². The van der Waals surface area contributed by atoms with Crippen LogP contribution in [0.15, 0.2) is 71.6 Å². The summed E-state index contributed by atoms with van der Waals surface area (Å²) in [6, 6.07) is 17.2. The van der Waals surface area contributed by atoms with Crippen LogP contribution in [-0.2, 0) is 14.8 Å². The highest BCUT2D eigenvalue weighted by molar-refractivity contribution is 7.92. The molecule has 166 valence electrons. The lowest BCUT2D eigenvalue weighted by Crippen LogP contribution is -2.21. The number of benzene rings is 3. The Balaban J connectivity index is 1.32. The number of anilines is 2. The van der Waals surface area contributed by atoms with Gasteiger partial charge in [0.2, 0.25) is 0 Å². The molecule has 0 unspecified atom stereocenters. The van der Waals surface area contributed by atoms with E-state index in [1.54, 1.807) is 42.5 Å². The number of halogens is 1. The molecule has 1 amide bonds. The molecule has 0 aromatic heterocycles. The maximum atomic E-state index is 12.5. The number of hydrogen-bond acceptors (Lipinski definition) is 6. The van der Waals surface area contributed by atoms with Crippen molar-refractivity contribution in [3.05, 3.63) is 71.8 Å². The highest BCUT2D eigenvalue weighted by Gasteiger charge is 2.15. The molecule has 4 rings (SSSR count). The van der Waals surface area contributed by atoms with Gasteiger partial charge in [-0.05, 0) is 60.7 Å². The predicted molar refractivity (Wildman–Crippen MR) is 120 cm³/mol. The normalized spacial score (nSPS) is 12.7. The molecule has 32 heavy (non-hydrogen) atoms. The van der Waals surface area contributed by atoms with Crippen LogP contribution in [0.1, 0.15) is 0 Å². The molecule has 0 saturated carbocycles. The first-order valence-electron chi connectivity index (χ1n) is 9.60. The van der Waals surface area contributed by atoms with Crippen molar-refractivity contribution in [3.8, 4) is 17.2 Å². The van der Waals surface area contributed by atoms with Crippen LogP contribution in [0.25, 0.3) is 0 Å². The second-order valence-corrected chi connectivity index (χ2v) is 8.90. The maximum Gasteiger partial charge on any atom is 0.262 e. The summed E-state index contributed by atoms with van der Waals surface area (Å²) in [5.74, 6) is 1.18. The van der Waals surface area contributed by atoms with Gasteiger partial charge in [-0.3, -0.25) is 9.52 Å². The predicted octanol–water partition coefficient (Wildman–Crippen LogP) is 3.93. The third-order valence-electron chi connectivity index (χ3n) is 4.43. The summed E-state index contributed by atoms with van der Waals surface area (Å²) in [7, 11) is -3.77. The fourth-order valence-electron chi connectivity index (χ4n) is 2.91. The lowest BCUT2D eigenvalue weighted by atomic mass is 10.2. The van der Waals surface area contributed by atoms with Gasteiger partial charge in [-0.25, -0.2) is 8.42 Å². The van der Waals surface area contributed by atoms with E-state index in [9.17, 15) is 13.2 Å². The topological polar surface area (TPSA) is 103 Å². The molecule has 0 bridgehead atoms. The Kier molecular flexibility index (Phi) is 6.38. The summed E-state index contributed by atoms with van der Waals surface area (Å²) in [6.45, 7) is 0.696. The number of hydrogen-bond donors (Lipinski definition) is 2. The van der Waals surface area contributed by atoms with E-state index in [1.807, 2.05) is 0 Å². The van der Waals surface area contributed by atoms with Crippen LogP contribution in [0, 0.1) is 0 Å². The second kappa shape index (κ2) is 9.37. The quantitative estimate of drug-likeness (QED) is 0.538. The molecule has 3 aromatic carbocycles. The number of fused-ring (bicyclic) bond motifs is 1. The van der Waals surface area contributed by atoms with E-state index in [0.717, 1.165) is 0 Å². The highest BCUT2D eigenvalue weighted by atomic mass is 35.5. The Labute approximate surface area is 190 Å². The van der Waals surface area contributed by atoms with Gasteiger partial charge in [0, 0.05) is 22.5 Å². The standard InChI is InChI=1S/C22H19ClN2O6S/c23-15-1-3-16(4-2-15)25-32(27,28)19-8-6-18(7-9-19)31-14-22(26)24-17-5-10-20-21(13-17)30-12-11-29-20/h1-10,13,25H,11-12,14H2,(H,24,26). The zero-order valence-electron chi connectivity index (χ0n) is 16.7. The van der Waals surface area contributed by atoms with E-state index in [2.05, 4.69) is 10.0 Å². The number of nitrogens with one attached hydrogen (secondary N) is 2. The van der Waals surface area contributed by atoms with Crippen LogP contribution in [0.4, 0.5) is 11.4 Å². The fourth-order valence-corrected chi connectivity index (χ4v) is 4.10. The van der Waals surface area contributed by atoms with Crippen molar-refractivity contribution in [2.75, 3.05) is 29.9 Å². The van der Waals surface area contributed by atoms with Crippen molar-refractivity contribution in [3.63, 3.8) is 0 Å². The molecule has 0 aliphatic carbocycles. The van der Waals surface area contributed by atoms with Crippen molar-refractivity contribution >= 4 is 38.9 Å². The lowest BCUT2D eigenvalue weighted by Gasteiger charge is -2.19. The van der Waals surface area contributed by atoms with E-state index < -0.39 is 10.0 Å². The van der Waals surface area contributed by atoms with Gasteiger partial charge in [0.15, 0.2) is 18.1 Å². The number of amides is 1. The van der Waals surface area contributed by atoms with Crippen molar-refractivity contribution < 1.29 is 27.4 Å². The average molecular weight is 475 g/mol. The Morgan fingerprint density at radius 2 is 1.56 bits per heavy atom. The monoisotopic (exact) mass is 474 g/mol. The number of carbonyl (C=O) groups is 1. The zero-order valence-corrected chi connectivity index (χ0v) is 18.3. The molecule has 0 saturated heterocycles. The molecule has 1 aliphatic rings. The van der Waals surface area contributed by atoms with Gasteiger partial charge in [-0.2, -0.15) is 0 Å². The summed E-state index contributed by atoms with van der Waals surface area (Å²) in [6.07, 6.45) is 0. The molecule has 1 aliphatic heterocycles. The van der Waals surface area contributed by atoms with Crippen LogP contribution < -0.4 is 24.2 Å². The van der Waals surface area contributed by atoms with Gasteiger partial charge in [0.05, 0.1) is 4.90 Å². The van der Waals surface area contributed by atoms with E-state index in [-0.39, 0.29) is 17.4 Å². The average Bonchev–Trinajstić information content (AvgIpc) is 2.79. The van der Waals surface area contributed by atoms with Crippen molar-refractivity contribution in [1.82, 2.24) is 0 Å². The minimum absolute atomic E-state index is 0.0560. The molecule has 10 heteroatoms. The maximum absolute atomic E-state index is 12.5. The SMILES string of the molecule is O=C(COc1ccc(S(=O)(=O)Nc2ccc(Cl)cc2)cc1)Nc1ccc2c(c1)OCCO2. The first-order valence-corrected chi connectivity index (χ1v) is 11.5.